The summed E-state index contributed by atoms with van der Waals surface area (Å²) in [4.78, 5) is 4.17. The fourth-order valence-electron chi connectivity index (χ4n) is 1.73. The van der Waals surface area contributed by atoms with Gasteiger partial charge in [-0.05, 0) is 36.8 Å². The van der Waals surface area contributed by atoms with Gasteiger partial charge in [0.2, 0.25) is 0 Å². The van der Waals surface area contributed by atoms with Gasteiger partial charge in [0.05, 0.1) is 17.7 Å². The van der Waals surface area contributed by atoms with E-state index in [9.17, 15) is 0 Å². The summed E-state index contributed by atoms with van der Waals surface area (Å²) >= 11 is 12.0. The van der Waals surface area contributed by atoms with Gasteiger partial charge in [0, 0.05) is 16.2 Å². The molecule has 0 radical (unpaired) electrons. The Morgan fingerprint density at radius 2 is 2.05 bits per heavy atom. The average Bonchev–Trinajstić information content (AvgIpc) is 2.38. The Kier molecular flexibility index (Phi) is 4.26. The van der Waals surface area contributed by atoms with Crippen molar-refractivity contribution in [3.05, 3.63) is 57.7 Å². The molecule has 0 aliphatic heterocycles. The van der Waals surface area contributed by atoms with E-state index < -0.39 is 0 Å². The molecule has 0 saturated carbocycles. The molecular weight excluding hydrogens is 281 g/mol. The van der Waals surface area contributed by atoms with Crippen LogP contribution in [0.4, 0.5) is 5.82 Å². The molecule has 5 heteroatoms. The van der Waals surface area contributed by atoms with E-state index in [2.05, 4.69) is 16.4 Å². The van der Waals surface area contributed by atoms with Crippen LogP contribution in [0.15, 0.2) is 36.5 Å². The van der Waals surface area contributed by atoms with Crippen molar-refractivity contribution < 1.29 is 0 Å². The Morgan fingerprint density at radius 1 is 1.26 bits per heavy atom. The van der Waals surface area contributed by atoms with Crippen molar-refractivity contribution in [2.75, 3.05) is 5.32 Å². The van der Waals surface area contributed by atoms with Crippen molar-refractivity contribution >= 4 is 29.0 Å². The summed E-state index contributed by atoms with van der Waals surface area (Å²) in [5.74, 6) is 0.637. The van der Waals surface area contributed by atoms with Gasteiger partial charge in [-0.25, -0.2) is 4.98 Å². The monoisotopic (exact) mass is 291 g/mol. The molecule has 0 spiro atoms. The highest BCUT2D eigenvalue weighted by Crippen LogP contribution is 2.28. The summed E-state index contributed by atoms with van der Waals surface area (Å²) in [6, 6.07) is 10.8. The zero-order valence-electron chi connectivity index (χ0n) is 10.2. The van der Waals surface area contributed by atoms with E-state index in [4.69, 9.17) is 28.5 Å². The van der Waals surface area contributed by atoms with Crippen LogP contribution in [0.2, 0.25) is 10.0 Å². The second kappa shape index (κ2) is 5.92. The number of halogens is 2. The van der Waals surface area contributed by atoms with Gasteiger partial charge in [-0.15, -0.1) is 0 Å². The van der Waals surface area contributed by atoms with Gasteiger partial charge in [-0.2, -0.15) is 5.26 Å². The first-order valence-corrected chi connectivity index (χ1v) is 6.43. The summed E-state index contributed by atoms with van der Waals surface area (Å²) in [7, 11) is 0. The molecule has 2 rings (SSSR count). The fraction of sp³-hybridized carbons (Fsp3) is 0.143. The highest BCUT2D eigenvalue weighted by Gasteiger charge is 2.10. The zero-order chi connectivity index (χ0) is 13.8. The molecule has 19 heavy (non-hydrogen) atoms. The van der Waals surface area contributed by atoms with Crippen LogP contribution in [-0.4, -0.2) is 4.98 Å². The van der Waals surface area contributed by atoms with Crippen LogP contribution >= 0.6 is 23.2 Å². The molecule has 96 valence electrons. The topological polar surface area (TPSA) is 48.7 Å². The summed E-state index contributed by atoms with van der Waals surface area (Å²) < 4.78 is 0. The third kappa shape index (κ3) is 3.37. The lowest BCUT2D eigenvalue weighted by Crippen LogP contribution is -2.08. The molecule has 1 unspecified atom stereocenters. The van der Waals surface area contributed by atoms with Gasteiger partial charge >= 0.3 is 0 Å². The van der Waals surface area contributed by atoms with Crippen molar-refractivity contribution in [3.8, 4) is 6.07 Å². The Hall–Kier alpha value is -1.76. The van der Waals surface area contributed by atoms with Crippen LogP contribution in [0.5, 0.6) is 0 Å². The van der Waals surface area contributed by atoms with Crippen LogP contribution in [0.1, 0.15) is 24.1 Å². The highest BCUT2D eigenvalue weighted by molar-refractivity contribution is 6.35. The molecule has 1 aromatic heterocycles. The lowest BCUT2D eigenvalue weighted by Gasteiger charge is -2.16. The predicted octanol–water partition coefficient (Wildman–Crippen LogP) is 4.43. The minimum absolute atomic E-state index is 0.0359. The number of hydrogen-bond donors (Lipinski definition) is 1. The maximum absolute atomic E-state index is 8.85. The molecule has 1 aromatic carbocycles. The second-order valence-corrected chi connectivity index (χ2v) is 4.92. The van der Waals surface area contributed by atoms with E-state index >= 15 is 0 Å². The van der Waals surface area contributed by atoms with Crippen LogP contribution < -0.4 is 5.32 Å². The molecule has 0 aliphatic carbocycles. The van der Waals surface area contributed by atoms with E-state index in [0.717, 1.165) is 5.56 Å². The third-order valence-electron chi connectivity index (χ3n) is 2.68. The molecule has 0 saturated heterocycles. The molecule has 1 N–H and O–H groups in total. The summed E-state index contributed by atoms with van der Waals surface area (Å²) in [5.41, 5.74) is 1.49. The number of hydrogen-bond acceptors (Lipinski definition) is 3. The van der Waals surface area contributed by atoms with E-state index in [0.29, 0.717) is 21.4 Å². The lowest BCUT2D eigenvalue weighted by molar-refractivity contribution is 0.875. The third-order valence-corrected chi connectivity index (χ3v) is 3.24. The Bertz CT molecular complexity index is 635. The van der Waals surface area contributed by atoms with Crippen LogP contribution in [0, 0.1) is 11.3 Å². The molecule has 0 aliphatic rings. The molecule has 0 bridgehead atoms. The number of anilines is 1. The van der Waals surface area contributed by atoms with Gasteiger partial charge in [0.1, 0.15) is 5.82 Å². The van der Waals surface area contributed by atoms with E-state index in [1.54, 1.807) is 30.5 Å². The minimum Gasteiger partial charge on any atom is -0.363 e. The number of nitriles is 1. The summed E-state index contributed by atoms with van der Waals surface area (Å²) in [6.45, 7) is 1.97. The molecule has 1 heterocycles. The Labute approximate surface area is 121 Å². The number of rotatable bonds is 3. The van der Waals surface area contributed by atoms with Gasteiger partial charge in [0.15, 0.2) is 0 Å². The highest BCUT2D eigenvalue weighted by atomic mass is 35.5. The first-order chi connectivity index (χ1) is 9.10. The minimum atomic E-state index is -0.0359. The molecule has 2 aromatic rings. The van der Waals surface area contributed by atoms with E-state index in [1.807, 2.05) is 13.0 Å². The SMILES string of the molecule is CC(Nc1cc(C#N)ccn1)c1ccc(Cl)cc1Cl. The van der Waals surface area contributed by atoms with Gasteiger partial charge < -0.3 is 5.32 Å². The Balaban J connectivity index is 2.20. The maximum Gasteiger partial charge on any atom is 0.127 e. The molecular formula is C14H11Cl2N3. The summed E-state index contributed by atoms with van der Waals surface area (Å²) in [6.07, 6.45) is 1.59. The smallest absolute Gasteiger partial charge is 0.127 e. The van der Waals surface area contributed by atoms with Crippen molar-refractivity contribution in [2.24, 2.45) is 0 Å². The van der Waals surface area contributed by atoms with Crippen molar-refractivity contribution in [3.63, 3.8) is 0 Å². The molecule has 0 fully saturated rings. The number of nitrogens with one attached hydrogen (secondary N) is 1. The standard InChI is InChI=1S/C14H11Cl2N3/c1-9(12-3-2-11(15)7-13(12)16)19-14-6-10(8-17)4-5-18-14/h2-7,9H,1H3,(H,18,19). The number of nitrogens with zero attached hydrogens (tertiary/aromatic N) is 2. The van der Waals surface area contributed by atoms with Gasteiger partial charge in [-0.3, -0.25) is 0 Å². The van der Waals surface area contributed by atoms with E-state index in [-0.39, 0.29) is 6.04 Å². The second-order valence-electron chi connectivity index (χ2n) is 4.07. The maximum atomic E-state index is 8.85. The average molecular weight is 292 g/mol. The van der Waals surface area contributed by atoms with Crippen molar-refractivity contribution in [1.29, 1.82) is 5.26 Å². The predicted molar refractivity (Wildman–Crippen MR) is 77.5 cm³/mol. The number of aromatic nitrogens is 1. The van der Waals surface area contributed by atoms with Crippen LogP contribution in [0.3, 0.4) is 0 Å². The molecule has 0 amide bonds. The normalized spacial score (nSPS) is 11.7. The lowest BCUT2D eigenvalue weighted by atomic mass is 10.1. The van der Waals surface area contributed by atoms with Crippen molar-refractivity contribution in [2.45, 2.75) is 13.0 Å². The van der Waals surface area contributed by atoms with E-state index in [1.165, 1.54) is 0 Å². The van der Waals surface area contributed by atoms with Crippen LogP contribution in [0.25, 0.3) is 0 Å². The summed E-state index contributed by atoms with van der Waals surface area (Å²) in [5, 5.41) is 13.3. The number of benzene rings is 1. The van der Waals surface area contributed by atoms with Gasteiger partial charge in [-0.1, -0.05) is 29.3 Å². The quantitative estimate of drug-likeness (QED) is 0.910. The largest absolute Gasteiger partial charge is 0.363 e. The fourth-order valence-corrected chi connectivity index (χ4v) is 2.30. The van der Waals surface area contributed by atoms with Crippen molar-refractivity contribution in [1.82, 2.24) is 4.98 Å². The molecule has 1 atom stereocenters. The first-order valence-electron chi connectivity index (χ1n) is 5.68. The van der Waals surface area contributed by atoms with Gasteiger partial charge in [0.25, 0.3) is 0 Å². The number of pyridine rings is 1. The first kappa shape index (κ1) is 13.7. The van der Waals surface area contributed by atoms with Crippen LogP contribution in [-0.2, 0) is 0 Å². The zero-order valence-corrected chi connectivity index (χ0v) is 11.7. The molecule has 3 nitrogen and oxygen atoms in total. The Morgan fingerprint density at radius 3 is 2.74 bits per heavy atom.